The van der Waals surface area contributed by atoms with Crippen LogP contribution in [0.5, 0.6) is 0 Å². The molecule has 2 amide bonds. The Morgan fingerprint density at radius 1 is 1.33 bits per heavy atom. The molecule has 0 unspecified atom stereocenters. The summed E-state index contributed by atoms with van der Waals surface area (Å²) in [5.74, 6) is 2.40. The number of aryl methyl sites for hydroxylation is 1. The van der Waals surface area contributed by atoms with E-state index in [2.05, 4.69) is 41.6 Å². The fourth-order valence-corrected chi connectivity index (χ4v) is 3.95. The van der Waals surface area contributed by atoms with Gasteiger partial charge < -0.3 is 4.90 Å². The van der Waals surface area contributed by atoms with Crippen molar-refractivity contribution in [3.8, 4) is 0 Å². The molecule has 1 fully saturated rings. The molecule has 1 atom stereocenters. The minimum absolute atomic E-state index is 0.0138. The number of carbonyl (C=O) groups excluding carboxylic acids is 1. The van der Waals surface area contributed by atoms with Crippen molar-refractivity contribution in [3.05, 3.63) is 42.6 Å². The van der Waals surface area contributed by atoms with Crippen LogP contribution in [0.25, 0.3) is 0 Å². The monoisotopic (exact) mass is 344 g/mol. The van der Waals surface area contributed by atoms with Gasteiger partial charge in [-0.15, -0.1) is 11.8 Å². The molecule has 0 saturated carbocycles. The Bertz CT molecular complexity index is 658. The molecule has 6 heteroatoms. The fourth-order valence-electron chi connectivity index (χ4n) is 2.90. The van der Waals surface area contributed by atoms with Crippen molar-refractivity contribution in [1.29, 1.82) is 0 Å². The lowest BCUT2D eigenvalue weighted by atomic mass is 10.2. The second-order valence-electron chi connectivity index (χ2n) is 6.09. The molecule has 24 heavy (non-hydrogen) atoms. The van der Waals surface area contributed by atoms with Gasteiger partial charge in [0.25, 0.3) is 0 Å². The first-order chi connectivity index (χ1) is 11.8. The standard InChI is InChI=1S/C18H24N4OS/c1-2-11-22-17(8-10-19-22)20-18(23)21-12-9-15(13-21)14-24-16-6-4-3-5-7-16/h3-8,10,15H,2,9,11-14H2,1H3,(H,20,23)/t15-/m0/s1. The van der Waals surface area contributed by atoms with E-state index in [1.165, 1.54) is 4.90 Å². The lowest BCUT2D eigenvalue weighted by Crippen LogP contribution is -2.33. The van der Waals surface area contributed by atoms with Gasteiger partial charge in [-0.3, -0.25) is 5.32 Å². The number of anilines is 1. The van der Waals surface area contributed by atoms with Crippen molar-refractivity contribution in [1.82, 2.24) is 14.7 Å². The van der Waals surface area contributed by atoms with E-state index in [4.69, 9.17) is 0 Å². The minimum Gasteiger partial charge on any atom is -0.324 e. The Morgan fingerprint density at radius 3 is 2.96 bits per heavy atom. The van der Waals surface area contributed by atoms with Crippen molar-refractivity contribution in [2.45, 2.75) is 31.2 Å². The van der Waals surface area contributed by atoms with Crippen LogP contribution in [0.15, 0.2) is 47.5 Å². The lowest BCUT2D eigenvalue weighted by Gasteiger charge is -2.18. The number of hydrogen-bond acceptors (Lipinski definition) is 3. The molecule has 1 aromatic heterocycles. The van der Waals surface area contributed by atoms with E-state index >= 15 is 0 Å². The molecule has 1 saturated heterocycles. The van der Waals surface area contributed by atoms with Crippen LogP contribution in [0, 0.1) is 5.92 Å². The molecule has 0 radical (unpaired) electrons. The number of hydrogen-bond donors (Lipinski definition) is 1. The molecule has 1 N–H and O–H groups in total. The zero-order chi connectivity index (χ0) is 16.8. The van der Waals surface area contributed by atoms with Gasteiger partial charge in [-0.05, 0) is 30.9 Å². The largest absolute Gasteiger partial charge is 0.324 e. The average Bonchev–Trinajstić information content (AvgIpc) is 3.24. The Morgan fingerprint density at radius 2 is 2.17 bits per heavy atom. The zero-order valence-corrected chi connectivity index (χ0v) is 14.8. The maximum atomic E-state index is 12.5. The molecule has 0 bridgehead atoms. The molecule has 2 heterocycles. The van der Waals surface area contributed by atoms with Crippen LogP contribution in [-0.4, -0.2) is 39.6 Å². The highest BCUT2D eigenvalue weighted by atomic mass is 32.2. The Kier molecular flexibility index (Phi) is 5.80. The number of urea groups is 1. The number of carbonyl (C=O) groups is 1. The van der Waals surface area contributed by atoms with Gasteiger partial charge in [0.05, 0.1) is 6.20 Å². The number of nitrogens with one attached hydrogen (secondary N) is 1. The Balaban J connectivity index is 1.48. The maximum absolute atomic E-state index is 12.5. The third kappa shape index (κ3) is 4.32. The molecular weight excluding hydrogens is 320 g/mol. The summed E-state index contributed by atoms with van der Waals surface area (Å²) in [7, 11) is 0. The number of rotatable bonds is 6. The van der Waals surface area contributed by atoms with Crippen molar-refractivity contribution in [2.75, 3.05) is 24.2 Å². The predicted molar refractivity (Wildman–Crippen MR) is 98.4 cm³/mol. The van der Waals surface area contributed by atoms with Gasteiger partial charge in [-0.2, -0.15) is 5.10 Å². The SMILES string of the molecule is CCCn1nccc1NC(=O)N1CC[C@H](CSc2ccccc2)C1. The van der Waals surface area contributed by atoms with Crippen LogP contribution < -0.4 is 5.32 Å². The third-order valence-electron chi connectivity index (χ3n) is 4.19. The summed E-state index contributed by atoms with van der Waals surface area (Å²) < 4.78 is 1.84. The van der Waals surface area contributed by atoms with Crippen LogP contribution in [-0.2, 0) is 6.54 Å². The predicted octanol–water partition coefficient (Wildman–Crippen LogP) is 3.94. The number of likely N-dealkylation sites (tertiary alicyclic amines) is 1. The van der Waals surface area contributed by atoms with Crippen molar-refractivity contribution in [3.63, 3.8) is 0 Å². The number of aromatic nitrogens is 2. The van der Waals surface area contributed by atoms with Gasteiger partial charge in [0.1, 0.15) is 5.82 Å². The highest BCUT2D eigenvalue weighted by molar-refractivity contribution is 7.99. The smallest absolute Gasteiger partial charge is 0.323 e. The summed E-state index contributed by atoms with van der Waals surface area (Å²) in [6, 6.07) is 12.3. The summed E-state index contributed by atoms with van der Waals surface area (Å²) >= 11 is 1.87. The second kappa shape index (κ2) is 8.24. The topological polar surface area (TPSA) is 50.2 Å². The van der Waals surface area contributed by atoms with Gasteiger partial charge in [0, 0.05) is 36.3 Å². The maximum Gasteiger partial charge on any atom is 0.323 e. The van der Waals surface area contributed by atoms with Crippen LogP contribution in [0.4, 0.5) is 10.6 Å². The number of nitrogens with zero attached hydrogens (tertiary/aromatic N) is 3. The lowest BCUT2D eigenvalue weighted by molar-refractivity contribution is 0.221. The van der Waals surface area contributed by atoms with Gasteiger partial charge in [-0.25, -0.2) is 9.48 Å². The van der Waals surface area contributed by atoms with E-state index in [9.17, 15) is 4.79 Å². The normalized spacial score (nSPS) is 17.2. The van der Waals surface area contributed by atoms with Gasteiger partial charge in [0.15, 0.2) is 0 Å². The summed E-state index contributed by atoms with van der Waals surface area (Å²) in [4.78, 5) is 15.7. The summed E-state index contributed by atoms with van der Waals surface area (Å²) in [5, 5.41) is 7.24. The van der Waals surface area contributed by atoms with Crippen LogP contribution >= 0.6 is 11.8 Å². The Labute approximate surface area is 147 Å². The zero-order valence-electron chi connectivity index (χ0n) is 14.0. The van der Waals surface area contributed by atoms with Gasteiger partial charge in [-0.1, -0.05) is 25.1 Å². The molecule has 0 spiro atoms. The highest BCUT2D eigenvalue weighted by Gasteiger charge is 2.26. The van der Waals surface area contributed by atoms with E-state index in [1.807, 2.05) is 33.5 Å². The van der Waals surface area contributed by atoms with Crippen molar-refractivity contribution in [2.24, 2.45) is 5.92 Å². The minimum atomic E-state index is -0.0138. The molecule has 1 aromatic carbocycles. The van der Waals surface area contributed by atoms with E-state index in [-0.39, 0.29) is 6.03 Å². The number of amides is 2. The molecule has 3 rings (SSSR count). The van der Waals surface area contributed by atoms with Crippen molar-refractivity contribution < 1.29 is 4.79 Å². The molecule has 1 aliphatic rings. The third-order valence-corrected chi connectivity index (χ3v) is 5.43. The first-order valence-electron chi connectivity index (χ1n) is 8.52. The van der Waals surface area contributed by atoms with E-state index in [0.29, 0.717) is 5.92 Å². The summed E-state index contributed by atoms with van der Waals surface area (Å²) in [6.07, 6.45) is 3.79. The molecule has 0 aliphatic carbocycles. The van der Waals surface area contributed by atoms with Crippen LogP contribution in [0.2, 0.25) is 0 Å². The van der Waals surface area contributed by atoms with Gasteiger partial charge in [0.2, 0.25) is 0 Å². The molecule has 128 valence electrons. The molecule has 2 aromatic rings. The van der Waals surface area contributed by atoms with E-state index < -0.39 is 0 Å². The van der Waals surface area contributed by atoms with Crippen LogP contribution in [0.3, 0.4) is 0 Å². The average molecular weight is 344 g/mol. The van der Waals surface area contributed by atoms with Gasteiger partial charge >= 0.3 is 6.03 Å². The van der Waals surface area contributed by atoms with E-state index in [0.717, 1.165) is 44.0 Å². The molecule has 1 aliphatic heterocycles. The Hall–Kier alpha value is -1.95. The first kappa shape index (κ1) is 16.9. The summed E-state index contributed by atoms with van der Waals surface area (Å²) in [5.41, 5.74) is 0. The quantitative estimate of drug-likeness (QED) is 0.808. The number of benzene rings is 1. The van der Waals surface area contributed by atoms with Crippen LogP contribution in [0.1, 0.15) is 19.8 Å². The molecular formula is C18H24N4OS. The molecule has 5 nitrogen and oxygen atoms in total. The van der Waals surface area contributed by atoms with E-state index in [1.54, 1.807) is 6.20 Å². The fraction of sp³-hybridized carbons (Fsp3) is 0.444. The highest BCUT2D eigenvalue weighted by Crippen LogP contribution is 2.26. The summed E-state index contributed by atoms with van der Waals surface area (Å²) in [6.45, 7) is 4.57. The number of thioether (sulfide) groups is 1. The first-order valence-corrected chi connectivity index (χ1v) is 9.50. The van der Waals surface area contributed by atoms with Crippen molar-refractivity contribution >= 4 is 23.6 Å². The second-order valence-corrected chi connectivity index (χ2v) is 7.19.